The van der Waals surface area contributed by atoms with Gasteiger partial charge in [0, 0.05) is 24.5 Å². The summed E-state index contributed by atoms with van der Waals surface area (Å²) in [4.78, 5) is 7.61. The number of allylic oxidation sites excluding steroid dienone is 2. The van der Waals surface area contributed by atoms with Gasteiger partial charge in [0.2, 0.25) is 0 Å². The summed E-state index contributed by atoms with van der Waals surface area (Å²) in [6, 6.07) is 8.03. The molecule has 0 bridgehead atoms. The molecule has 0 unspecified atom stereocenters. The van der Waals surface area contributed by atoms with E-state index in [0.717, 1.165) is 43.1 Å². The van der Waals surface area contributed by atoms with Crippen molar-refractivity contribution in [3.63, 3.8) is 0 Å². The molecule has 3 nitrogen and oxygen atoms in total. The van der Waals surface area contributed by atoms with Crippen LogP contribution >= 0.6 is 11.8 Å². The molecule has 0 N–H and O–H groups in total. The van der Waals surface area contributed by atoms with Crippen molar-refractivity contribution in [1.82, 2.24) is 4.90 Å². The number of benzene rings is 1. The van der Waals surface area contributed by atoms with Crippen molar-refractivity contribution < 1.29 is 4.74 Å². The standard InChI is InChI=1S/C20H26N2OS/c1-4-8-17(5-2)15-22-13-11-18(12-14-22)23-16-24-20-10-7-6-9-19(20)21-3/h4-10,18H,1-3,11-16H2/b17-8+. The first-order chi connectivity index (χ1) is 11.8. The number of thioether (sulfide) groups is 1. The lowest BCUT2D eigenvalue weighted by atomic mass is 10.1. The molecule has 2 rings (SSSR count). The third-order valence-electron chi connectivity index (χ3n) is 4.09. The quantitative estimate of drug-likeness (QED) is 0.278. The van der Waals surface area contributed by atoms with Crippen molar-refractivity contribution in [2.24, 2.45) is 4.99 Å². The molecule has 0 aliphatic carbocycles. The molecule has 1 fully saturated rings. The number of rotatable bonds is 9. The highest BCUT2D eigenvalue weighted by molar-refractivity contribution is 7.99. The highest BCUT2D eigenvalue weighted by Gasteiger charge is 2.19. The molecular weight excluding hydrogens is 316 g/mol. The van der Waals surface area contributed by atoms with Crippen LogP contribution < -0.4 is 0 Å². The van der Waals surface area contributed by atoms with Gasteiger partial charge in [-0.15, -0.1) is 0 Å². The minimum absolute atomic E-state index is 0.341. The summed E-state index contributed by atoms with van der Waals surface area (Å²) in [5.41, 5.74) is 2.14. The Bertz CT molecular complexity index is 589. The second-order valence-corrected chi connectivity index (χ2v) is 6.68. The second kappa shape index (κ2) is 10.3. The largest absolute Gasteiger partial charge is 0.367 e. The first-order valence-corrected chi connectivity index (χ1v) is 9.22. The van der Waals surface area contributed by atoms with Crippen LogP contribution in [-0.2, 0) is 4.74 Å². The average Bonchev–Trinajstić information content (AvgIpc) is 2.63. The molecule has 0 spiro atoms. The summed E-state index contributed by atoms with van der Waals surface area (Å²) in [7, 11) is 0. The van der Waals surface area contributed by atoms with Crippen LogP contribution in [0, 0.1) is 0 Å². The summed E-state index contributed by atoms with van der Waals surface area (Å²) in [6.45, 7) is 14.3. The van der Waals surface area contributed by atoms with E-state index in [1.807, 2.05) is 36.4 Å². The van der Waals surface area contributed by atoms with Crippen LogP contribution in [0.25, 0.3) is 0 Å². The minimum atomic E-state index is 0.341. The van der Waals surface area contributed by atoms with Crippen LogP contribution in [0.5, 0.6) is 0 Å². The molecule has 1 aliphatic rings. The topological polar surface area (TPSA) is 24.8 Å². The maximum Gasteiger partial charge on any atom is 0.0971 e. The summed E-state index contributed by atoms with van der Waals surface area (Å²) >= 11 is 1.68. The van der Waals surface area contributed by atoms with Crippen molar-refractivity contribution in [2.75, 3.05) is 25.6 Å². The van der Waals surface area contributed by atoms with E-state index < -0.39 is 0 Å². The zero-order valence-electron chi connectivity index (χ0n) is 14.2. The summed E-state index contributed by atoms with van der Waals surface area (Å²) in [5, 5.41) is 0. The second-order valence-electron chi connectivity index (χ2n) is 5.71. The van der Waals surface area contributed by atoms with Gasteiger partial charge in [0.15, 0.2) is 0 Å². The van der Waals surface area contributed by atoms with Crippen molar-refractivity contribution >= 4 is 24.2 Å². The molecular formula is C20H26N2OS. The van der Waals surface area contributed by atoms with Crippen LogP contribution in [0.4, 0.5) is 5.69 Å². The Balaban J connectivity index is 1.71. The van der Waals surface area contributed by atoms with Gasteiger partial charge in [-0.3, -0.25) is 9.89 Å². The molecule has 0 atom stereocenters. The lowest BCUT2D eigenvalue weighted by Crippen LogP contribution is -2.37. The Morgan fingerprint density at radius 3 is 2.71 bits per heavy atom. The first kappa shape index (κ1) is 18.7. The predicted octanol–water partition coefficient (Wildman–Crippen LogP) is 4.85. The normalized spacial score (nSPS) is 16.8. The molecule has 1 saturated heterocycles. The van der Waals surface area contributed by atoms with E-state index in [4.69, 9.17) is 4.74 Å². The zero-order chi connectivity index (χ0) is 17.2. The van der Waals surface area contributed by atoms with Gasteiger partial charge in [0.1, 0.15) is 0 Å². The number of aliphatic imine (C=N–C) groups is 1. The molecule has 128 valence electrons. The lowest BCUT2D eigenvalue weighted by Gasteiger charge is -2.32. The smallest absolute Gasteiger partial charge is 0.0971 e. The molecule has 1 aromatic carbocycles. The Kier molecular flexibility index (Phi) is 8.02. The molecule has 0 aromatic heterocycles. The molecule has 0 radical (unpaired) electrons. The van der Waals surface area contributed by atoms with E-state index >= 15 is 0 Å². The highest BCUT2D eigenvalue weighted by atomic mass is 32.2. The average molecular weight is 343 g/mol. The fraction of sp³-hybridized carbons (Fsp3) is 0.350. The van der Waals surface area contributed by atoms with E-state index in [2.05, 4.69) is 35.8 Å². The van der Waals surface area contributed by atoms with Gasteiger partial charge in [-0.1, -0.05) is 55.3 Å². The van der Waals surface area contributed by atoms with E-state index in [1.54, 1.807) is 11.8 Å². The fourth-order valence-corrected chi connectivity index (χ4v) is 3.58. The Morgan fingerprint density at radius 2 is 2.04 bits per heavy atom. The van der Waals surface area contributed by atoms with Crippen molar-refractivity contribution in [3.05, 3.63) is 61.2 Å². The third-order valence-corrected chi connectivity index (χ3v) is 5.00. The molecule has 0 amide bonds. The molecule has 1 heterocycles. The first-order valence-electron chi connectivity index (χ1n) is 8.23. The number of para-hydroxylation sites is 1. The number of hydrogen-bond acceptors (Lipinski definition) is 4. The van der Waals surface area contributed by atoms with Crippen molar-refractivity contribution in [2.45, 2.75) is 23.8 Å². The van der Waals surface area contributed by atoms with E-state index in [9.17, 15) is 0 Å². The van der Waals surface area contributed by atoms with Gasteiger partial charge < -0.3 is 4.74 Å². The minimum Gasteiger partial charge on any atom is -0.367 e. The highest BCUT2D eigenvalue weighted by Crippen LogP contribution is 2.29. The van der Waals surface area contributed by atoms with E-state index in [1.165, 1.54) is 5.57 Å². The lowest BCUT2D eigenvalue weighted by molar-refractivity contribution is 0.0354. The van der Waals surface area contributed by atoms with Gasteiger partial charge in [-0.2, -0.15) is 0 Å². The number of hydrogen-bond donors (Lipinski definition) is 0. The molecule has 24 heavy (non-hydrogen) atoms. The zero-order valence-corrected chi connectivity index (χ0v) is 15.0. The SMILES string of the molecule is C=C/C=C(\C=C)CN1CCC(OCSc2ccccc2N=C)CC1. The number of nitrogens with zero attached hydrogens (tertiary/aromatic N) is 2. The van der Waals surface area contributed by atoms with Gasteiger partial charge in [-0.25, -0.2) is 0 Å². The number of piperidine rings is 1. The molecule has 0 saturated carbocycles. The van der Waals surface area contributed by atoms with Crippen molar-refractivity contribution in [3.8, 4) is 0 Å². The maximum absolute atomic E-state index is 6.04. The Labute approximate surface area is 149 Å². The number of likely N-dealkylation sites (tertiary alicyclic amines) is 1. The van der Waals surface area contributed by atoms with Gasteiger partial charge >= 0.3 is 0 Å². The van der Waals surface area contributed by atoms with Crippen LogP contribution in [0.1, 0.15) is 12.8 Å². The van der Waals surface area contributed by atoms with Crippen molar-refractivity contribution in [1.29, 1.82) is 0 Å². The predicted molar refractivity (Wildman–Crippen MR) is 105 cm³/mol. The molecule has 4 heteroatoms. The Morgan fingerprint density at radius 1 is 1.29 bits per heavy atom. The van der Waals surface area contributed by atoms with E-state index in [-0.39, 0.29) is 0 Å². The van der Waals surface area contributed by atoms with Gasteiger partial charge in [0.25, 0.3) is 0 Å². The van der Waals surface area contributed by atoms with E-state index in [0.29, 0.717) is 12.0 Å². The van der Waals surface area contributed by atoms with Gasteiger partial charge in [-0.05, 0) is 37.3 Å². The maximum atomic E-state index is 6.04. The van der Waals surface area contributed by atoms with Crippen LogP contribution in [0.3, 0.4) is 0 Å². The summed E-state index contributed by atoms with van der Waals surface area (Å²) < 4.78 is 6.04. The fourth-order valence-electron chi connectivity index (χ4n) is 2.73. The number of ether oxygens (including phenoxy) is 1. The molecule has 1 aromatic rings. The monoisotopic (exact) mass is 342 g/mol. The summed E-state index contributed by atoms with van der Waals surface area (Å²) in [6.07, 6.45) is 8.23. The van der Waals surface area contributed by atoms with Crippen LogP contribution in [-0.4, -0.2) is 43.3 Å². The third kappa shape index (κ3) is 5.78. The van der Waals surface area contributed by atoms with Crippen LogP contribution in [0.15, 0.2) is 71.1 Å². The summed E-state index contributed by atoms with van der Waals surface area (Å²) in [5.74, 6) is 0.658. The Hall–Kier alpha value is -1.62. The van der Waals surface area contributed by atoms with Gasteiger partial charge in [0.05, 0.1) is 17.7 Å². The van der Waals surface area contributed by atoms with Crippen LogP contribution in [0.2, 0.25) is 0 Å². The molecule has 1 aliphatic heterocycles.